The van der Waals surface area contributed by atoms with Crippen LogP contribution in [-0.4, -0.2) is 28.0 Å². The molecule has 0 saturated carbocycles. The van der Waals surface area contributed by atoms with E-state index in [1.165, 1.54) is 0 Å². The van der Waals surface area contributed by atoms with Gasteiger partial charge in [-0.3, -0.25) is 0 Å². The zero-order valence-electron chi connectivity index (χ0n) is 12.0. The largest absolute Gasteiger partial charge is 0.480 e. The molecule has 1 heterocycles. The number of rotatable bonds is 2. The first-order valence-electron chi connectivity index (χ1n) is 6.64. The van der Waals surface area contributed by atoms with Gasteiger partial charge in [0.1, 0.15) is 6.04 Å². The molecule has 0 bridgehead atoms. The maximum absolute atomic E-state index is 12.2. The molecule has 2 amide bonds. The van der Waals surface area contributed by atoms with E-state index in [0.717, 1.165) is 11.1 Å². The predicted molar refractivity (Wildman–Crippen MR) is 75.1 cm³/mol. The number of nitrogens with one attached hydrogen (secondary N) is 1. The van der Waals surface area contributed by atoms with Gasteiger partial charge < -0.3 is 15.3 Å². The fourth-order valence-electron chi connectivity index (χ4n) is 2.34. The van der Waals surface area contributed by atoms with E-state index in [9.17, 15) is 14.7 Å². The maximum atomic E-state index is 12.2. The van der Waals surface area contributed by atoms with E-state index >= 15 is 0 Å². The molecular weight excluding hydrogens is 256 g/mol. The van der Waals surface area contributed by atoms with Crippen molar-refractivity contribution < 1.29 is 14.7 Å². The van der Waals surface area contributed by atoms with Crippen LogP contribution in [0.5, 0.6) is 0 Å². The molecule has 0 aromatic heterocycles. The summed E-state index contributed by atoms with van der Waals surface area (Å²) in [7, 11) is 0. The Hall–Kier alpha value is -2.04. The van der Waals surface area contributed by atoms with Crippen LogP contribution >= 0.6 is 0 Å². The number of benzene rings is 1. The minimum Gasteiger partial charge on any atom is -0.480 e. The molecule has 1 aromatic rings. The van der Waals surface area contributed by atoms with Crippen molar-refractivity contribution in [1.29, 1.82) is 0 Å². The van der Waals surface area contributed by atoms with Gasteiger partial charge in [-0.2, -0.15) is 0 Å². The number of carboxylic acids is 1. The summed E-state index contributed by atoms with van der Waals surface area (Å²) in [5.74, 6) is -1.01. The van der Waals surface area contributed by atoms with Crippen LogP contribution in [0.4, 0.5) is 4.79 Å². The zero-order chi connectivity index (χ0) is 14.9. The van der Waals surface area contributed by atoms with Crippen LogP contribution < -0.4 is 5.32 Å². The van der Waals surface area contributed by atoms with Crippen molar-refractivity contribution in [3.05, 3.63) is 35.4 Å². The quantitative estimate of drug-likeness (QED) is 0.870. The summed E-state index contributed by atoms with van der Waals surface area (Å²) >= 11 is 0. The van der Waals surface area contributed by atoms with Gasteiger partial charge in [-0.1, -0.05) is 45.0 Å². The molecule has 0 fully saturated rings. The molecule has 20 heavy (non-hydrogen) atoms. The standard InChI is InChI=1S/C15H20N2O3/c1-15(2,3)12(13(18)19)16-14(20)17-8-10-6-4-5-7-11(10)9-17/h4-7,12H,8-9H2,1-3H3,(H,16,20)(H,18,19)/t12-/m1/s1. The molecule has 0 radical (unpaired) electrons. The van der Waals surface area contributed by atoms with Gasteiger partial charge in [-0.05, 0) is 16.5 Å². The third-order valence-corrected chi connectivity index (χ3v) is 3.51. The second kappa shape index (κ2) is 5.15. The lowest BCUT2D eigenvalue weighted by Crippen LogP contribution is -2.52. The van der Waals surface area contributed by atoms with Crippen LogP contribution in [0.1, 0.15) is 31.9 Å². The lowest BCUT2D eigenvalue weighted by molar-refractivity contribution is -0.142. The molecule has 5 heteroatoms. The SMILES string of the molecule is CC(C)(C)[C@H](NC(=O)N1Cc2ccccc2C1)C(=O)O. The van der Waals surface area contributed by atoms with Crippen LogP contribution in [-0.2, 0) is 17.9 Å². The summed E-state index contributed by atoms with van der Waals surface area (Å²) in [4.78, 5) is 25.1. The molecule has 2 N–H and O–H groups in total. The smallest absolute Gasteiger partial charge is 0.326 e. The van der Waals surface area contributed by atoms with Crippen molar-refractivity contribution in [2.24, 2.45) is 5.41 Å². The van der Waals surface area contributed by atoms with Crippen molar-refractivity contribution in [1.82, 2.24) is 10.2 Å². The Labute approximate surface area is 118 Å². The minimum atomic E-state index is -1.01. The number of aliphatic carboxylic acids is 1. The number of hydrogen-bond donors (Lipinski definition) is 2. The van der Waals surface area contributed by atoms with Crippen molar-refractivity contribution in [2.75, 3.05) is 0 Å². The van der Waals surface area contributed by atoms with Crippen LogP contribution in [0.25, 0.3) is 0 Å². The molecular formula is C15H20N2O3. The number of amides is 2. The first-order valence-corrected chi connectivity index (χ1v) is 6.64. The van der Waals surface area contributed by atoms with E-state index < -0.39 is 17.4 Å². The van der Waals surface area contributed by atoms with Crippen molar-refractivity contribution in [3.8, 4) is 0 Å². The lowest BCUT2D eigenvalue weighted by atomic mass is 9.87. The van der Waals surface area contributed by atoms with E-state index in [-0.39, 0.29) is 6.03 Å². The molecule has 1 aliphatic heterocycles. The Morgan fingerprint density at radius 2 is 1.70 bits per heavy atom. The second-order valence-electron chi connectivity index (χ2n) is 6.21. The molecule has 108 valence electrons. The first kappa shape index (κ1) is 14.4. The number of nitrogens with zero attached hydrogens (tertiary/aromatic N) is 1. The minimum absolute atomic E-state index is 0.330. The van der Waals surface area contributed by atoms with Crippen LogP contribution in [0, 0.1) is 5.41 Å². The Balaban J connectivity index is 2.05. The molecule has 0 unspecified atom stereocenters. The highest BCUT2D eigenvalue weighted by molar-refractivity contribution is 5.83. The molecule has 1 atom stereocenters. The van der Waals surface area contributed by atoms with Gasteiger partial charge in [0.2, 0.25) is 0 Å². The molecule has 0 aliphatic carbocycles. The zero-order valence-corrected chi connectivity index (χ0v) is 12.0. The number of carbonyl (C=O) groups excluding carboxylic acids is 1. The highest BCUT2D eigenvalue weighted by Crippen LogP contribution is 2.24. The van der Waals surface area contributed by atoms with Gasteiger partial charge in [0.15, 0.2) is 0 Å². The summed E-state index contributed by atoms with van der Waals surface area (Å²) in [6.45, 7) is 6.44. The van der Waals surface area contributed by atoms with E-state index in [2.05, 4.69) is 5.32 Å². The van der Waals surface area contributed by atoms with Gasteiger partial charge in [-0.15, -0.1) is 0 Å². The van der Waals surface area contributed by atoms with E-state index in [1.54, 1.807) is 25.7 Å². The van der Waals surface area contributed by atoms with Crippen LogP contribution in [0.15, 0.2) is 24.3 Å². The topological polar surface area (TPSA) is 69.6 Å². The Morgan fingerprint density at radius 3 is 2.10 bits per heavy atom. The summed E-state index contributed by atoms with van der Waals surface area (Å²) in [5.41, 5.74) is 1.70. The maximum Gasteiger partial charge on any atom is 0.326 e. The average Bonchev–Trinajstić information content (AvgIpc) is 2.77. The van der Waals surface area contributed by atoms with E-state index in [0.29, 0.717) is 13.1 Å². The average molecular weight is 276 g/mol. The molecule has 1 aliphatic rings. The Bertz CT molecular complexity index is 509. The van der Waals surface area contributed by atoms with Gasteiger partial charge in [0.25, 0.3) is 0 Å². The van der Waals surface area contributed by atoms with Crippen LogP contribution in [0.2, 0.25) is 0 Å². The number of carbonyl (C=O) groups is 2. The molecule has 0 saturated heterocycles. The van der Waals surface area contributed by atoms with Gasteiger partial charge in [-0.25, -0.2) is 9.59 Å². The monoisotopic (exact) mass is 276 g/mol. The number of hydrogen-bond acceptors (Lipinski definition) is 2. The number of urea groups is 1. The molecule has 1 aromatic carbocycles. The highest BCUT2D eigenvalue weighted by atomic mass is 16.4. The molecule has 0 spiro atoms. The third kappa shape index (κ3) is 2.92. The number of carboxylic acid groups (broad SMARTS) is 1. The van der Waals surface area contributed by atoms with Gasteiger partial charge in [0, 0.05) is 13.1 Å². The second-order valence-corrected chi connectivity index (χ2v) is 6.21. The summed E-state index contributed by atoms with van der Waals surface area (Å²) < 4.78 is 0. The van der Waals surface area contributed by atoms with E-state index in [4.69, 9.17) is 0 Å². The Morgan fingerprint density at radius 1 is 1.20 bits per heavy atom. The summed E-state index contributed by atoms with van der Waals surface area (Å²) in [6.07, 6.45) is 0. The highest BCUT2D eigenvalue weighted by Gasteiger charge is 2.34. The lowest BCUT2D eigenvalue weighted by Gasteiger charge is -2.29. The number of fused-ring (bicyclic) bond motifs is 1. The van der Waals surface area contributed by atoms with Crippen molar-refractivity contribution in [3.63, 3.8) is 0 Å². The molecule has 5 nitrogen and oxygen atoms in total. The first-order chi connectivity index (χ1) is 9.29. The van der Waals surface area contributed by atoms with E-state index in [1.807, 2.05) is 24.3 Å². The third-order valence-electron chi connectivity index (χ3n) is 3.51. The fourth-order valence-corrected chi connectivity index (χ4v) is 2.34. The van der Waals surface area contributed by atoms with Crippen molar-refractivity contribution >= 4 is 12.0 Å². The Kier molecular flexibility index (Phi) is 3.70. The predicted octanol–water partition coefficient (Wildman–Crippen LogP) is 2.21. The van der Waals surface area contributed by atoms with Gasteiger partial charge >= 0.3 is 12.0 Å². The summed E-state index contributed by atoms with van der Waals surface area (Å²) in [6, 6.07) is 6.62. The van der Waals surface area contributed by atoms with Crippen LogP contribution in [0.3, 0.4) is 0 Å². The molecule has 2 rings (SSSR count). The normalized spacial score (nSPS) is 15.7. The summed E-state index contributed by atoms with van der Waals surface area (Å²) in [5, 5.41) is 11.9. The van der Waals surface area contributed by atoms with Crippen molar-refractivity contribution in [2.45, 2.75) is 39.9 Å². The van der Waals surface area contributed by atoms with Gasteiger partial charge in [0.05, 0.1) is 0 Å². The fraction of sp³-hybridized carbons (Fsp3) is 0.467.